The molecule has 0 saturated carbocycles. The quantitative estimate of drug-likeness (QED) is 0.946. The number of hydrogen-bond donors (Lipinski definition) is 1. The number of amides is 1. The Bertz CT molecular complexity index is 558. The Morgan fingerprint density at radius 2 is 2.17 bits per heavy atom. The average Bonchev–Trinajstić information content (AvgIpc) is 2.68. The summed E-state index contributed by atoms with van der Waals surface area (Å²) in [6, 6.07) is 9.57. The van der Waals surface area contributed by atoms with Gasteiger partial charge in [0.1, 0.15) is 5.69 Å². The summed E-state index contributed by atoms with van der Waals surface area (Å²) >= 11 is 3.45. The highest BCUT2D eigenvalue weighted by Gasteiger charge is 2.10. The zero-order chi connectivity index (χ0) is 13.1. The van der Waals surface area contributed by atoms with E-state index in [4.69, 9.17) is 0 Å². The van der Waals surface area contributed by atoms with Gasteiger partial charge in [0.2, 0.25) is 0 Å². The number of nitrogens with one attached hydrogen (secondary N) is 1. The number of rotatable bonds is 3. The Labute approximate surface area is 114 Å². The van der Waals surface area contributed by atoms with E-state index in [1.54, 1.807) is 10.7 Å². The molecule has 1 heterocycles. The SMILES string of the molecule is Cc1cc(C(=O)NCc2ccccc2Br)nn1C. The van der Waals surface area contributed by atoms with Crippen molar-refractivity contribution in [1.82, 2.24) is 15.1 Å². The first kappa shape index (κ1) is 12.8. The highest BCUT2D eigenvalue weighted by molar-refractivity contribution is 9.10. The number of carbonyl (C=O) groups is 1. The summed E-state index contributed by atoms with van der Waals surface area (Å²) in [7, 11) is 1.82. The van der Waals surface area contributed by atoms with Gasteiger partial charge in [-0.3, -0.25) is 9.48 Å². The predicted octanol–water partition coefficient (Wildman–Crippen LogP) is 2.42. The first-order chi connectivity index (χ1) is 8.58. The van der Waals surface area contributed by atoms with Crippen molar-refractivity contribution >= 4 is 21.8 Å². The van der Waals surface area contributed by atoms with Crippen molar-refractivity contribution in [1.29, 1.82) is 0 Å². The van der Waals surface area contributed by atoms with Crippen LogP contribution >= 0.6 is 15.9 Å². The van der Waals surface area contributed by atoms with Gasteiger partial charge >= 0.3 is 0 Å². The molecule has 0 saturated heterocycles. The van der Waals surface area contributed by atoms with Crippen molar-refractivity contribution in [3.05, 3.63) is 51.8 Å². The third-order valence-corrected chi connectivity index (χ3v) is 3.52. The lowest BCUT2D eigenvalue weighted by Gasteiger charge is -2.05. The molecule has 1 N–H and O–H groups in total. The molecular formula is C13H14BrN3O. The molecule has 1 amide bonds. The van der Waals surface area contributed by atoms with Gasteiger partial charge in [0.25, 0.3) is 5.91 Å². The van der Waals surface area contributed by atoms with Gasteiger partial charge < -0.3 is 5.32 Å². The molecule has 1 aromatic heterocycles. The van der Waals surface area contributed by atoms with Crippen LogP contribution in [0.4, 0.5) is 0 Å². The van der Waals surface area contributed by atoms with Crippen LogP contribution in [0.15, 0.2) is 34.8 Å². The third-order valence-electron chi connectivity index (χ3n) is 2.74. The van der Waals surface area contributed by atoms with E-state index < -0.39 is 0 Å². The van der Waals surface area contributed by atoms with Crippen LogP contribution in [0.5, 0.6) is 0 Å². The maximum atomic E-state index is 11.9. The van der Waals surface area contributed by atoms with Crippen molar-refractivity contribution in [2.45, 2.75) is 13.5 Å². The summed E-state index contributed by atoms with van der Waals surface area (Å²) in [4.78, 5) is 11.9. The van der Waals surface area contributed by atoms with Crippen LogP contribution in [0.2, 0.25) is 0 Å². The van der Waals surface area contributed by atoms with Crippen molar-refractivity contribution in [3.63, 3.8) is 0 Å². The Kier molecular flexibility index (Phi) is 3.81. The van der Waals surface area contributed by atoms with Crippen LogP contribution in [0.1, 0.15) is 21.7 Å². The summed E-state index contributed by atoms with van der Waals surface area (Å²) < 4.78 is 2.68. The van der Waals surface area contributed by atoms with Gasteiger partial charge in [-0.15, -0.1) is 0 Å². The Hall–Kier alpha value is -1.62. The van der Waals surface area contributed by atoms with Crippen LogP contribution in [0, 0.1) is 6.92 Å². The minimum absolute atomic E-state index is 0.158. The van der Waals surface area contributed by atoms with Gasteiger partial charge in [0.05, 0.1) is 0 Å². The molecule has 0 spiro atoms. The molecule has 2 rings (SSSR count). The molecule has 2 aromatic rings. The smallest absolute Gasteiger partial charge is 0.272 e. The first-order valence-corrected chi connectivity index (χ1v) is 6.39. The number of aromatic nitrogens is 2. The molecule has 18 heavy (non-hydrogen) atoms. The van der Waals surface area contributed by atoms with E-state index in [0.717, 1.165) is 15.7 Å². The maximum absolute atomic E-state index is 11.9. The molecule has 4 nitrogen and oxygen atoms in total. The van der Waals surface area contributed by atoms with Gasteiger partial charge in [-0.25, -0.2) is 0 Å². The summed E-state index contributed by atoms with van der Waals surface area (Å²) in [6.07, 6.45) is 0. The van der Waals surface area contributed by atoms with Crippen LogP contribution < -0.4 is 5.32 Å². The minimum Gasteiger partial charge on any atom is -0.347 e. The second kappa shape index (κ2) is 5.35. The normalized spacial score (nSPS) is 10.4. The summed E-state index contributed by atoms with van der Waals surface area (Å²) in [5.74, 6) is -0.158. The standard InChI is InChI=1S/C13H14BrN3O/c1-9-7-12(16-17(9)2)13(18)15-8-10-5-3-4-6-11(10)14/h3-7H,8H2,1-2H3,(H,15,18). The molecule has 0 aliphatic carbocycles. The Balaban J connectivity index is 2.03. The number of carbonyl (C=O) groups excluding carboxylic acids is 1. The molecule has 5 heteroatoms. The van der Waals surface area contributed by atoms with E-state index in [1.165, 1.54) is 0 Å². The van der Waals surface area contributed by atoms with Crippen LogP contribution in [-0.4, -0.2) is 15.7 Å². The predicted molar refractivity (Wildman–Crippen MR) is 73.3 cm³/mol. The molecule has 94 valence electrons. The highest BCUT2D eigenvalue weighted by Crippen LogP contribution is 2.15. The summed E-state index contributed by atoms with van der Waals surface area (Å²) in [5.41, 5.74) is 2.45. The largest absolute Gasteiger partial charge is 0.347 e. The summed E-state index contributed by atoms with van der Waals surface area (Å²) in [6.45, 7) is 2.40. The Morgan fingerprint density at radius 1 is 1.44 bits per heavy atom. The van der Waals surface area contributed by atoms with Crippen molar-refractivity contribution in [2.24, 2.45) is 7.05 Å². The monoisotopic (exact) mass is 307 g/mol. The van der Waals surface area contributed by atoms with E-state index in [0.29, 0.717) is 12.2 Å². The van der Waals surface area contributed by atoms with E-state index in [9.17, 15) is 4.79 Å². The number of hydrogen-bond acceptors (Lipinski definition) is 2. The fourth-order valence-electron chi connectivity index (χ4n) is 1.58. The van der Waals surface area contributed by atoms with E-state index >= 15 is 0 Å². The minimum atomic E-state index is -0.158. The topological polar surface area (TPSA) is 46.9 Å². The lowest BCUT2D eigenvalue weighted by atomic mass is 10.2. The van der Waals surface area contributed by atoms with Crippen molar-refractivity contribution in [2.75, 3.05) is 0 Å². The number of aryl methyl sites for hydroxylation is 2. The van der Waals surface area contributed by atoms with Gasteiger partial charge in [-0.1, -0.05) is 34.1 Å². The van der Waals surface area contributed by atoms with Crippen molar-refractivity contribution < 1.29 is 4.79 Å². The molecule has 0 unspecified atom stereocenters. The average molecular weight is 308 g/mol. The molecule has 0 bridgehead atoms. The number of benzene rings is 1. The molecular weight excluding hydrogens is 294 g/mol. The first-order valence-electron chi connectivity index (χ1n) is 5.60. The lowest BCUT2D eigenvalue weighted by molar-refractivity contribution is 0.0945. The van der Waals surface area contributed by atoms with Gasteiger partial charge in [-0.05, 0) is 24.6 Å². The highest BCUT2D eigenvalue weighted by atomic mass is 79.9. The fraction of sp³-hybridized carbons (Fsp3) is 0.231. The Morgan fingerprint density at radius 3 is 2.78 bits per heavy atom. The molecule has 0 radical (unpaired) electrons. The van der Waals surface area contributed by atoms with Crippen LogP contribution in [0.25, 0.3) is 0 Å². The second-order valence-electron chi connectivity index (χ2n) is 4.07. The number of nitrogens with zero attached hydrogens (tertiary/aromatic N) is 2. The van der Waals surface area contributed by atoms with Crippen molar-refractivity contribution in [3.8, 4) is 0 Å². The van der Waals surface area contributed by atoms with E-state index in [1.807, 2.05) is 38.2 Å². The molecule has 0 fully saturated rings. The molecule has 0 aliphatic rings. The maximum Gasteiger partial charge on any atom is 0.272 e. The fourth-order valence-corrected chi connectivity index (χ4v) is 2.00. The molecule has 0 atom stereocenters. The molecule has 0 aliphatic heterocycles. The van der Waals surface area contributed by atoms with Gasteiger partial charge in [-0.2, -0.15) is 5.10 Å². The zero-order valence-electron chi connectivity index (χ0n) is 10.3. The van der Waals surface area contributed by atoms with Gasteiger partial charge in [0.15, 0.2) is 0 Å². The third kappa shape index (κ3) is 2.79. The van der Waals surface area contributed by atoms with Crippen LogP contribution in [-0.2, 0) is 13.6 Å². The second-order valence-corrected chi connectivity index (χ2v) is 4.92. The zero-order valence-corrected chi connectivity index (χ0v) is 11.9. The van der Waals surface area contributed by atoms with E-state index in [2.05, 4.69) is 26.3 Å². The number of halogens is 1. The lowest BCUT2D eigenvalue weighted by Crippen LogP contribution is -2.23. The van der Waals surface area contributed by atoms with E-state index in [-0.39, 0.29) is 5.91 Å². The van der Waals surface area contributed by atoms with Crippen LogP contribution in [0.3, 0.4) is 0 Å². The summed E-state index contributed by atoms with van der Waals surface area (Å²) in [5, 5.41) is 6.99. The van der Waals surface area contributed by atoms with Gasteiger partial charge in [0, 0.05) is 23.8 Å². The molecule has 1 aromatic carbocycles.